The summed E-state index contributed by atoms with van der Waals surface area (Å²) >= 11 is 1.21. The molecule has 0 fully saturated rings. The van der Waals surface area contributed by atoms with Crippen molar-refractivity contribution in [2.75, 3.05) is 5.09 Å². The topological polar surface area (TPSA) is 68.3 Å². The standard InChI is InChI=1S/C27H21N2O3PS/c1-19(30)26-25(22-15-9-4-10-16-22)28-27(34-26)29-33(31)17-23(20-11-5-2-6-12-20)32-24(18-33)21-13-7-3-8-14-21/h2-18H,1H3,(H,28,29,31). The fraction of sp³-hybridized carbons (Fsp3) is 0.0370. The predicted octanol–water partition coefficient (Wildman–Crippen LogP) is 7.73. The van der Waals surface area contributed by atoms with Crippen molar-refractivity contribution in [2.24, 2.45) is 0 Å². The van der Waals surface area contributed by atoms with Crippen LogP contribution in [0.2, 0.25) is 0 Å². The molecule has 0 aliphatic carbocycles. The first-order valence-corrected chi connectivity index (χ1v) is 13.4. The van der Waals surface area contributed by atoms with Gasteiger partial charge in [-0.2, -0.15) is 0 Å². The van der Waals surface area contributed by atoms with Crippen LogP contribution >= 0.6 is 18.6 Å². The van der Waals surface area contributed by atoms with Crippen LogP contribution in [0.5, 0.6) is 0 Å². The van der Waals surface area contributed by atoms with Crippen LogP contribution < -0.4 is 5.09 Å². The molecule has 0 bridgehead atoms. The van der Waals surface area contributed by atoms with Crippen molar-refractivity contribution in [3.8, 4) is 11.3 Å². The van der Waals surface area contributed by atoms with Crippen molar-refractivity contribution in [3.05, 3.63) is 119 Å². The maximum absolute atomic E-state index is 14.1. The van der Waals surface area contributed by atoms with Crippen LogP contribution in [-0.4, -0.2) is 10.8 Å². The van der Waals surface area contributed by atoms with Gasteiger partial charge in [0.1, 0.15) is 11.5 Å². The van der Waals surface area contributed by atoms with E-state index in [9.17, 15) is 9.36 Å². The van der Waals surface area contributed by atoms with Gasteiger partial charge in [-0.05, 0) is 0 Å². The molecule has 2 heterocycles. The zero-order valence-electron chi connectivity index (χ0n) is 18.3. The van der Waals surface area contributed by atoms with Crippen molar-refractivity contribution < 1.29 is 14.1 Å². The lowest BCUT2D eigenvalue weighted by Crippen LogP contribution is -2.03. The Kier molecular flexibility index (Phi) is 6.01. The summed E-state index contributed by atoms with van der Waals surface area (Å²) in [5, 5.41) is 3.54. The van der Waals surface area contributed by atoms with Gasteiger partial charge >= 0.3 is 0 Å². The van der Waals surface area contributed by atoms with E-state index in [1.165, 1.54) is 18.3 Å². The quantitative estimate of drug-likeness (QED) is 0.224. The molecule has 4 aromatic rings. The number of carbonyl (C=O) groups is 1. The fourth-order valence-corrected chi connectivity index (χ4v) is 6.64. The second-order valence-corrected chi connectivity index (χ2v) is 10.9. The third kappa shape index (κ3) is 4.65. The number of rotatable bonds is 6. The first kappa shape index (κ1) is 22.1. The first-order valence-electron chi connectivity index (χ1n) is 10.7. The zero-order valence-corrected chi connectivity index (χ0v) is 20.1. The molecule has 5 nitrogen and oxygen atoms in total. The second-order valence-electron chi connectivity index (χ2n) is 7.76. The van der Waals surface area contributed by atoms with Gasteiger partial charge in [-0.3, -0.25) is 9.36 Å². The molecule has 1 aliphatic heterocycles. The molecule has 0 unspecified atom stereocenters. The third-order valence-corrected chi connectivity index (χ3v) is 8.24. The summed E-state index contributed by atoms with van der Waals surface area (Å²) in [6, 6.07) is 28.6. The van der Waals surface area contributed by atoms with Gasteiger partial charge in [0, 0.05) is 35.2 Å². The number of hydrogen-bond donors (Lipinski definition) is 1. The number of hydrogen-bond acceptors (Lipinski definition) is 5. The van der Waals surface area contributed by atoms with Crippen LogP contribution in [-0.2, 0) is 9.30 Å². The Morgan fingerprint density at radius 3 is 1.74 bits per heavy atom. The SMILES string of the molecule is CC(=O)c1sc(NP2(=O)C=C(c3ccccc3)OC(c3ccccc3)=C2)nc1-c1ccccc1. The van der Waals surface area contributed by atoms with Crippen molar-refractivity contribution >= 4 is 41.1 Å². The van der Waals surface area contributed by atoms with E-state index in [0.29, 0.717) is 27.2 Å². The predicted molar refractivity (Wildman–Crippen MR) is 139 cm³/mol. The van der Waals surface area contributed by atoms with Gasteiger partial charge in [0.25, 0.3) is 0 Å². The van der Waals surface area contributed by atoms with Crippen LogP contribution in [0.3, 0.4) is 0 Å². The maximum Gasteiger partial charge on any atom is 0.222 e. The van der Waals surface area contributed by atoms with Gasteiger partial charge in [0.05, 0.1) is 10.6 Å². The smallest absolute Gasteiger partial charge is 0.222 e. The molecule has 0 radical (unpaired) electrons. The van der Waals surface area contributed by atoms with Crippen LogP contribution in [0.1, 0.15) is 27.7 Å². The summed E-state index contributed by atoms with van der Waals surface area (Å²) in [6.07, 6.45) is 0. The van der Waals surface area contributed by atoms with E-state index in [4.69, 9.17) is 4.74 Å². The summed E-state index contributed by atoms with van der Waals surface area (Å²) in [4.78, 5) is 17.5. The number of thiazole rings is 1. The third-order valence-electron chi connectivity index (χ3n) is 5.22. The van der Waals surface area contributed by atoms with Crippen molar-refractivity contribution in [1.82, 2.24) is 4.98 Å². The average Bonchev–Trinajstić information content (AvgIpc) is 3.29. The Labute approximate surface area is 201 Å². The first-order chi connectivity index (χ1) is 16.5. The lowest BCUT2D eigenvalue weighted by atomic mass is 10.1. The molecule has 1 aromatic heterocycles. The van der Waals surface area contributed by atoms with E-state index in [0.717, 1.165) is 16.7 Å². The molecule has 168 valence electrons. The highest BCUT2D eigenvalue weighted by atomic mass is 32.1. The molecule has 0 atom stereocenters. The van der Waals surface area contributed by atoms with Crippen molar-refractivity contribution in [1.29, 1.82) is 0 Å². The van der Waals surface area contributed by atoms with Gasteiger partial charge in [-0.15, -0.1) is 0 Å². The number of carbonyl (C=O) groups excluding carboxylic acids is 1. The fourth-order valence-electron chi connectivity index (χ4n) is 3.64. The normalized spacial score (nSPS) is 14.5. The molecule has 0 saturated heterocycles. The Morgan fingerprint density at radius 1 is 0.794 bits per heavy atom. The largest absolute Gasteiger partial charge is 0.456 e. The zero-order chi connectivity index (χ0) is 23.5. The van der Waals surface area contributed by atoms with Crippen LogP contribution in [0.25, 0.3) is 22.8 Å². The molecule has 1 aliphatic rings. The van der Waals surface area contributed by atoms with Crippen LogP contribution in [0.15, 0.2) is 103 Å². The minimum atomic E-state index is -3.27. The van der Waals surface area contributed by atoms with E-state index in [-0.39, 0.29) is 5.78 Å². The van der Waals surface area contributed by atoms with Gasteiger partial charge in [0.2, 0.25) is 7.29 Å². The van der Waals surface area contributed by atoms with Crippen molar-refractivity contribution in [3.63, 3.8) is 0 Å². The van der Waals surface area contributed by atoms with E-state index >= 15 is 0 Å². The summed E-state index contributed by atoms with van der Waals surface area (Å²) in [6.45, 7) is 1.51. The number of anilines is 1. The van der Waals surface area contributed by atoms with E-state index < -0.39 is 7.29 Å². The Hall–Kier alpha value is -3.73. The van der Waals surface area contributed by atoms with Gasteiger partial charge in [-0.1, -0.05) is 102 Å². The summed E-state index contributed by atoms with van der Waals surface area (Å²) in [5.41, 5.74) is 3.06. The Bertz CT molecular complexity index is 1390. The number of nitrogens with zero attached hydrogens (tertiary/aromatic N) is 1. The van der Waals surface area contributed by atoms with Crippen LogP contribution in [0.4, 0.5) is 5.13 Å². The molecule has 3 aromatic carbocycles. The lowest BCUT2D eigenvalue weighted by molar-refractivity contribution is 0.102. The number of aromatic nitrogens is 1. The summed E-state index contributed by atoms with van der Waals surface area (Å²) in [5.74, 6) is 4.15. The van der Waals surface area contributed by atoms with Gasteiger partial charge in [0.15, 0.2) is 10.9 Å². The molecular formula is C27H21N2O3PS. The second kappa shape index (κ2) is 9.26. The van der Waals surface area contributed by atoms with Crippen molar-refractivity contribution in [2.45, 2.75) is 6.92 Å². The number of ether oxygens (including phenoxy) is 1. The molecule has 0 amide bonds. The highest BCUT2D eigenvalue weighted by Gasteiger charge is 2.29. The van der Waals surface area contributed by atoms with E-state index in [1.54, 1.807) is 11.6 Å². The molecule has 0 saturated carbocycles. The summed E-state index contributed by atoms with van der Waals surface area (Å²) < 4.78 is 20.3. The van der Waals surface area contributed by atoms with Gasteiger partial charge < -0.3 is 9.82 Å². The Morgan fingerprint density at radius 2 is 1.26 bits per heavy atom. The monoisotopic (exact) mass is 484 g/mol. The molecule has 5 rings (SSSR count). The molecule has 7 heteroatoms. The minimum Gasteiger partial charge on any atom is -0.456 e. The molecular weight excluding hydrogens is 463 g/mol. The Balaban J connectivity index is 1.57. The van der Waals surface area contributed by atoms with E-state index in [1.807, 2.05) is 91.0 Å². The highest BCUT2D eigenvalue weighted by Crippen LogP contribution is 2.56. The molecule has 1 N–H and O–H groups in total. The molecule has 34 heavy (non-hydrogen) atoms. The van der Waals surface area contributed by atoms with Crippen LogP contribution in [0, 0.1) is 0 Å². The number of ketones is 1. The minimum absolute atomic E-state index is 0.0873. The number of nitrogens with one attached hydrogen (secondary N) is 1. The lowest BCUT2D eigenvalue weighted by Gasteiger charge is -2.23. The average molecular weight is 485 g/mol. The number of benzene rings is 3. The highest BCUT2D eigenvalue weighted by molar-refractivity contribution is 7.72. The van der Waals surface area contributed by atoms with E-state index in [2.05, 4.69) is 10.1 Å². The number of Topliss-reactive ketones (excluding diaryl/α,β-unsaturated/α-hetero) is 1. The summed E-state index contributed by atoms with van der Waals surface area (Å²) in [7, 11) is -3.27. The van der Waals surface area contributed by atoms with Gasteiger partial charge in [-0.25, -0.2) is 4.98 Å². The maximum atomic E-state index is 14.1. The molecule has 0 spiro atoms.